The fourth-order valence-electron chi connectivity index (χ4n) is 2.12. The summed E-state index contributed by atoms with van der Waals surface area (Å²) in [5.74, 6) is 0.0730. The van der Waals surface area contributed by atoms with Crippen LogP contribution in [0.15, 0.2) is 42.6 Å². The lowest BCUT2D eigenvalue weighted by Gasteiger charge is -2.20. The van der Waals surface area contributed by atoms with Crippen LogP contribution in [-0.2, 0) is 4.79 Å². The lowest BCUT2D eigenvalue weighted by Crippen LogP contribution is -2.37. The molecule has 2 aromatic rings. The number of nitrogens with one attached hydrogen (secondary N) is 1. The van der Waals surface area contributed by atoms with Gasteiger partial charge in [0.05, 0.1) is 7.11 Å². The number of pyridine rings is 1. The number of aromatic nitrogens is 1. The van der Waals surface area contributed by atoms with E-state index in [1.807, 2.05) is 0 Å². The molecule has 0 fully saturated rings. The summed E-state index contributed by atoms with van der Waals surface area (Å²) < 4.78 is 5.11. The highest BCUT2D eigenvalue weighted by Gasteiger charge is 2.18. The van der Waals surface area contributed by atoms with Crippen LogP contribution >= 0.6 is 11.6 Å². The summed E-state index contributed by atoms with van der Waals surface area (Å²) in [4.78, 5) is 29.9. The van der Waals surface area contributed by atoms with Gasteiger partial charge in [0.25, 0.3) is 5.91 Å². The van der Waals surface area contributed by atoms with Crippen LogP contribution in [0.2, 0.25) is 5.15 Å². The topological polar surface area (TPSA) is 71.5 Å². The first-order valence-corrected chi connectivity index (χ1v) is 7.76. The highest BCUT2D eigenvalue weighted by atomic mass is 35.5. The van der Waals surface area contributed by atoms with Gasteiger partial charge in [-0.15, -0.1) is 0 Å². The molecule has 2 amide bonds. The lowest BCUT2D eigenvalue weighted by molar-refractivity contribution is -0.116. The largest absolute Gasteiger partial charge is 0.497 e. The van der Waals surface area contributed by atoms with E-state index in [0.29, 0.717) is 23.5 Å². The smallest absolute Gasteiger partial charge is 0.254 e. The average Bonchev–Trinajstić information content (AvgIpc) is 2.59. The van der Waals surface area contributed by atoms with Crippen molar-refractivity contribution in [3.8, 4) is 5.75 Å². The summed E-state index contributed by atoms with van der Waals surface area (Å²) in [6.45, 7) is 2.14. The van der Waals surface area contributed by atoms with E-state index in [9.17, 15) is 9.59 Å². The molecule has 7 heteroatoms. The summed E-state index contributed by atoms with van der Waals surface area (Å²) in [5, 5.41) is 2.98. The third-order valence-electron chi connectivity index (χ3n) is 3.33. The van der Waals surface area contributed by atoms with Gasteiger partial charge in [-0.05, 0) is 31.2 Å². The number of benzene rings is 1. The summed E-state index contributed by atoms with van der Waals surface area (Å²) in [6, 6.07) is 10.1. The Kier molecular flexibility index (Phi) is 6.14. The predicted molar refractivity (Wildman–Crippen MR) is 92.4 cm³/mol. The molecule has 1 aromatic heterocycles. The normalized spacial score (nSPS) is 10.1. The fourth-order valence-corrected chi connectivity index (χ4v) is 2.29. The molecule has 0 radical (unpaired) electrons. The van der Waals surface area contributed by atoms with Crippen LogP contribution in [0.5, 0.6) is 5.75 Å². The van der Waals surface area contributed by atoms with Gasteiger partial charge in [0.2, 0.25) is 5.91 Å². The molecule has 24 heavy (non-hydrogen) atoms. The van der Waals surface area contributed by atoms with Gasteiger partial charge < -0.3 is 15.0 Å². The Morgan fingerprint density at radius 2 is 2.08 bits per heavy atom. The first-order chi connectivity index (χ1) is 11.5. The Balaban J connectivity index is 2.03. The average molecular weight is 348 g/mol. The standard InChI is InChI=1S/C17H18ClN3O3/c1-3-21(17(23)12-7-8-19-15(18)9-12)11-16(22)20-13-5-4-6-14(10-13)24-2/h4-10H,3,11H2,1-2H3,(H,20,22). The second-order valence-electron chi connectivity index (χ2n) is 4.97. The zero-order valence-corrected chi connectivity index (χ0v) is 14.2. The number of hydrogen-bond donors (Lipinski definition) is 1. The number of anilines is 1. The van der Waals surface area contributed by atoms with Crippen LogP contribution in [-0.4, -0.2) is 41.9 Å². The van der Waals surface area contributed by atoms with E-state index < -0.39 is 0 Å². The van der Waals surface area contributed by atoms with Crippen molar-refractivity contribution in [3.05, 3.63) is 53.3 Å². The zero-order valence-electron chi connectivity index (χ0n) is 13.5. The van der Waals surface area contributed by atoms with E-state index in [4.69, 9.17) is 16.3 Å². The molecule has 0 unspecified atom stereocenters. The maximum absolute atomic E-state index is 12.5. The van der Waals surface area contributed by atoms with Crippen molar-refractivity contribution < 1.29 is 14.3 Å². The highest BCUT2D eigenvalue weighted by Crippen LogP contribution is 2.17. The zero-order chi connectivity index (χ0) is 17.5. The van der Waals surface area contributed by atoms with Gasteiger partial charge in [0.15, 0.2) is 0 Å². The SMILES string of the molecule is CCN(CC(=O)Nc1cccc(OC)c1)C(=O)c1ccnc(Cl)c1. The maximum atomic E-state index is 12.5. The molecule has 2 rings (SSSR count). The molecule has 0 aliphatic carbocycles. The summed E-state index contributed by atoms with van der Waals surface area (Å²) in [5.41, 5.74) is 1.00. The Bertz CT molecular complexity index is 737. The molecule has 0 saturated heterocycles. The van der Waals surface area contributed by atoms with Crippen molar-refractivity contribution >= 4 is 29.1 Å². The van der Waals surface area contributed by atoms with Crippen LogP contribution in [0.4, 0.5) is 5.69 Å². The van der Waals surface area contributed by atoms with Crippen molar-refractivity contribution in [1.82, 2.24) is 9.88 Å². The third-order valence-corrected chi connectivity index (χ3v) is 3.54. The number of amides is 2. The first-order valence-electron chi connectivity index (χ1n) is 7.38. The quantitative estimate of drug-likeness (QED) is 0.816. The van der Waals surface area contributed by atoms with E-state index in [1.165, 1.54) is 17.2 Å². The van der Waals surface area contributed by atoms with E-state index in [0.717, 1.165) is 0 Å². The van der Waals surface area contributed by atoms with Crippen LogP contribution in [0.25, 0.3) is 0 Å². The number of likely N-dealkylation sites (N-methyl/N-ethyl adjacent to an activating group) is 1. The molecule has 1 N–H and O–H groups in total. The van der Waals surface area contributed by atoms with E-state index in [2.05, 4.69) is 10.3 Å². The van der Waals surface area contributed by atoms with Gasteiger partial charge >= 0.3 is 0 Å². The fraction of sp³-hybridized carbons (Fsp3) is 0.235. The van der Waals surface area contributed by atoms with Gasteiger partial charge in [0.1, 0.15) is 17.4 Å². The Hall–Kier alpha value is -2.60. The minimum Gasteiger partial charge on any atom is -0.497 e. The Morgan fingerprint density at radius 3 is 2.75 bits per heavy atom. The highest BCUT2D eigenvalue weighted by molar-refractivity contribution is 6.29. The van der Waals surface area contributed by atoms with Crippen molar-refractivity contribution in [3.63, 3.8) is 0 Å². The molecule has 1 heterocycles. The maximum Gasteiger partial charge on any atom is 0.254 e. The number of rotatable bonds is 6. The predicted octanol–water partition coefficient (Wildman–Crippen LogP) is 2.84. The van der Waals surface area contributed by atoms with Crippen LogP contribution < -0.4 is 10.1 Å². The monoisotopic (exact) mass is 347 g/mol. The Morgan fingerprint density at radius 1 is 1.29 bits per heavy atom. The second-order valence-corrected chi connectivity index (χ2v) is 5.35. The van der Waals surface area contributed by atoms with Crippen LogP contribution in [0.3, 0.4) is 0 Å². The van der Waals surface area contributed by atoms with E-state index in [1.54, 1.807) is 44.4 Å². The molecule has 0 bridgehead atoms. The van der Waals surface area contributed by atoms with Crippen molar-refractivity contribution in [2.45, 2.75) is 6.92 Å². The van der Waals surface area contributed by atoms with Crippen LogP contribution in [0, 0.1) is 0 Å². The number of hydrogen-bond acceptors (Lipinski definition) is 4. The number of carbonyl (C=O) groups excluding carboxylic acids is 2. The number of nitrogens with zero attached hydrogens (tertiary/aromatic N) is 2. The lowest BCUT2D eigenvalue weighted by atomic mass is 10.2. The molecule has 126 valence electrons. The van der Waals surface area contributed by atoms with Gasteiger partial charge in [-0.3, -0.25) is 9.59 Å². The summed E-state index contributed by atoms with van der Waals surface area (Å²) in [6.07, 6.45) is 1.46. The number of carbonyl (C=O) groups is 2. The molecule has 0 spiro atoms. The molecular formula is C17H18ClN3O3. The van der Waals surface area contributed by atoms with E-state index in [-0.39, 0.29) is 23.5 Å². The molecule has 0 atom stereocenters. The minimum absolute atomic E-state index is 0.0630. The number of methoxy groups -OCH3 is 1. The van der Waals surface area contributed by atoms with Gasteiger partial charge in [-0.1, -0.05) is 17.7 Å². The van der Waals surface area contributed by atoms with Gasteiger partial charge in [-0.2, -0.15) is 0 Å². The molecule has 1 aromatic carbocycles. The summed E-state index contributed by atoms with van der Waals surface area (Å²) in [7, 11) is 1.55. The van der Waals surface area contributed by atoms with Crippen molar-refractivity contribution in [2.75, 3.05) is 25.5 Å². The third kappa shape index (κ3) is 4.70. The molecule has 0 saturated carbocycles. The van der Waals surface area contributed by atoms with Gasteiger partial charge in [-0.25, -0.2) is 4.98 Å². The van der Waals surface area contributed by atoms with Crippen molar-refractivity contribution in [1.29, 1.82) is 0 Å². The summed E-state index contributed by atoms with van der Waals surface area (Å²) >= 11 is 5.81. The van der Waals surface area contributed by atoms with Crippen molar-refractivity contribution in [2.24, 2.45) is 0 Å². The number of halogens is 1. The minimum atomic E-state index is -0.293. The van der Waals surface area contributed by atoms with E-state index >= 15 is 0 Å². The van der Waals surface area contributed by atoms with Crippen LogP contribution in [0.1, 0.15) is 17.3 Å². The molecule has 0 aliphatic heterocycles. The Labute approximate surface area is 145 Å². The van der Waals surface area contributed by atoms with Gasteiger partial charge in [0, 0.05) is 30.1 Å². The second kappa shape index (κ2) is 8.31. The molecule has 0 aliphatic rings. The number of ether oxygens (including phenoxy) is 1. The molecule has 6 nitrogen and oxygen atoms in total. The first kappa shape index (κ1) is 17.7. The molecular weight excluding hydrogens is 330 g/mol.